The summed E-state index contributed by atoms with van der Waals surface area (Å²) in [5.41, 5.74) is 2.11. The Morgan fingerprint density at radius 3 is 3.07 bits per heavy atom. The van der Waals surface area contributed by atoms with E-state index in [9.17, 15) is 9.90 Å². The van der Waals surface area contributed by atoms with Gasteiger partial charge in [-0.25, -0.2) is 0 Å². The minimum Gasteiger partial charge on any atom is -0.508 e. The normalized spacial score (nSPS) is 19.1. The van der Waals surface area contributed by atoms with Gasteiger partial charge in [0.05, 0.1) is 0 Å². The molecule has 0 aliphatic heterocycles. The minimum absolute atomic E-state index is 0.122. The maximum atomic E-state index is 10.8. The van der Waals surface area contributed by atoms with Crippen LogP contribution >= 0.6 is 0 Å². The molecule has 0 amide bonds. The summed E-state index contributed by atoms with van der Waals surface area (Å²) in [6.45, 7) is 1.42. The molecule has 0 spiro atoms. The van der Waals surface area contributed by atoms with Gasteiger partial charge < -0.3 is 9.84 Å². The van der Waals surface area contributed by atoms with E-state index in [1.807, 2.05) is 6.07 Å². The van der Waals surface area contributed by atoms with Crippen LogP contribution in [0.25, 0.3) is 0 Å². The monoisotopic (exact) mass is 192 g/mol. The van der Waals surface area contributed by atoms with Crippen LogP contribution in [0, 0.1) is 0 Å². The first-order valence-corrected chi connectivity index (χ1v) is 4.66. The van der Waals surface area contributed by atoms with Crippen molar-refractivity contribution in [3.8, 4) is 5.75 Å². The average Bonchev–Trinajstić information content (AvgIpc) is 2.47. The zero-order chi connectivity index (χ0) is 10.1. The molecule has 1 aliphatic rings. The Bertz CT molecular complexity index is 371. The average molecular weight is 192 g/mol. The van der Waals surface area contributed by atoms with Gasteiger partial charge in [-0.2, -0.15) is 0 Å². The molecule has 1 N–H and O–H groups in total. The van der Waals surface area contributed by atoms with E-state index in [2.05, 4.69) is 0 Å². The van der Waals surface area contributed by atoms with Gasteiger partial charge >= 0.3 is 5.97 Å². The lowest BCUT2D eigenvalue weighted by molar-refractivity contribution is -0.146. The Kier molecular flexibility index (Phi) is 2.15. The van der Waals surface area contributed by atoms with Gasteiger partial charge in [-0.15, -0.1) is 0 Å². The van der Waals surface area contributed by atoms with Crippen molar-refractivity contribution < 1.29 is 14.6 Å². The first kappa shape index (κ1) is 9.06. The van der Waals surface area contributed by atoms with Crippen molar-refractivity contribution in [3.63, 3.8) is 0 Å². The van der Waals surface area contributed by atoms with E-state index >= 15 is 0 Å². The summed E-state index contributed by atoms with van der Waals surface area (Å²) in [6.07, 6.45) is 1.56. The van der Waals surface area contributed by atoms with Gasteiger partial charge in [0.1, 0.15) is 11.9 Å². The lowest BCUT2D eigenvalue weighted by Crippen LogP contribution is -2.04. The van der Waals surface area contributed by atoms with Crippen molar-refractivity contribution in [3.05, 3.63) is 29.3 Å². The van der Waals surface area contributed by atoms with Gasteiger partial charge in [0.25, 0.3) is 0 Å². The molecule has 1 aromatic carbocycles. The molecule has 0 heterocycles. The maximum Gasteiger partial charge on any atom is 0.303 e. The number of phenolic OH excluding ortho intramolecular Hbond substituents is 1. The number of hydrogen-bond acceptors (Lipinski definition) is 3. The van der Waals surface area contributed by atoms with Crippen LogP contribution in [-0.2, 0) is 16.0 Å². The zero-order valence-electron chi connectivity index (χ0n) is 7.99. The first-order chi connectivity index (χ1) is 6.66. The van der Waals surface area contributed by atoms with Crippen LogP contribution in [0.4, 0.5) is 0 Å². The SMILES string of the molecule is CC(=O)O[C@H]1CCc2cc(O)ccc21. The van der Waals surface area contributed by atoms with Crippen LogP contribution < -0.4 is 0 Å². The smallest absolute Gasteiger partial charge is 0.303 e. The number of carbonyl (C=O) groups excluding carboxylic acids is 1. The van der Waals surface area contributed by atoms with E-state index in [0.29, 0.717) is 0 Å². The predicted octanol–water partition coefficient (Wildman–Crippen LogP) is 1.94. The summed E-state index contributed by atoms with van der Waals surface area (Å²) in [6, 6.07) is 5.19. The van der Waals surface area contributed by atoms with Crippen molar-refractivity contribution in [2.45, 2.75) is 25.9 Å². The number of benzene rings is 1. The summed E-state index contributed by atoms with van der Waals surface area (Å²) < 4.78 is 5.16. The molecule has 2 rings (SSSR count). The summed E-state index contributed by atoms with van der Waals surface area (Å²) in [7, 11) is 0. The van der Waals surface area contributed by atoms with Crippen molar-refractivity contribution in [2.75, 3.05) is 0 Å². The number of aromatic hydroxyl groups is 1. The highest BCUT2D eigenvalue weighted by Gasteiger charge is 2.24. The second-order valence-corrected chi connectivity index (χ2v) is 3.52. The molecule has 0 fully saturated rings. The molecule has 14 heavy (non-hydrogen) atoms. The number of carbonyl (C=O) groups is 1. The van der Waals surface area contributed by atoms with Crippen molar-refractivity contribution >= 4 is 5.97 Å². The van der Waals surface area contributed by atoms with Crippen LogP contribution in [-0.4, -0.2) is 11.1 Å². The molecule has 1 atom stereocenters. The van der Waals surface area contributed by atoms with Crippen molar-refractivity contribution in [1.82, 2.24) is 0 Å². The molecule has 0 saturated heterocycles. The number of hydrogen-bond donors (Lipinski definition) is 1. The topological polar surface area (TPSA) is 46.5 Å². The van der Waals surface area contributed by atoms with E-state index in [0.717, 1.165) is 24.0 Å². The van der Waals surface area contributed by atoms with Crippen LogP contribution in [0.15, 0.2) is 18.2 Å². The standard InChI is InChI=1S/C11H12O3/c1-7(12)14-11-5-2-8-6-9(13)3-4-10(8)11/h3-4,6,11,13H,2,5H2,1H3/t11-/m0/s1. The van der Waals surface area contributed by atoms with E-state index in [-0.39, 0.29) is 17.8 Å². The second-order valence-electron chi connectivity index (χ2n) is 3.52. The summed E-state index contributed by atoms with van der Waals surface area (Å²) in [5.74, 6) is 0.0168. The predicted molar refractivity (Wildman–Crippen MR) is 50.9 cm³/mol. The molecule has 0 radical (unpaired) electrons. The molecule has 0 aromatic heterocycles. The van der Waals surface area contributed by atoms with Gasteiger partial charge in [0, 0.05) is 6.92 Å². The quantitative estimate of drug-likeness (QED) is 0.692. The van der Waals surface area contributed by atoms with Gasteiger partial charge in [0.15, 0.2) is 0 Å². The highest BCUT2D eigenvalue weighted by Crippen LogP contribution is 2.35. The molecular weight excluding hydrogens is 180 g/mol. The van der Waals surface area contributed by atoms with Gasteiger partial charge in [0.2, 0.25) is 0 Å². The number of rotatable bonds is 1. The van der Waals surface area contributed by atoms with Crippen LogP contribution in [0.5, 0.6) is 5.75 Å². The van der Waals surface area contributed by atoms with Crippen molar-refractivity contribution in [1.29, 1.82) is 0 Å². The highest BCUT2D eigenvalue weighted by molar-refractivity contribution is 5.66. The summed E-state index contributed by atoms with van der Waals surface area (Å²) >= 11 is 0. The molecule has 1 aliphatic carbocycles. The molecule has 3 heteroatoms. The number of phenols is 1. The molecule has 0 unspecified atom stereocenters. The van der Waals surface area contributed by atoms with Gasteiger partial charge in [-0.05, 0) is 36.1 Å². The summed E-state index contributed by atoms with van der Waals surface area (Å²) in [4.78, 5) is 10.8. The van der Waals surface area contributed by atoms with E-state index < -0.39 is 0 Å². The number of esters is 1. The second kappa shape index (κ2) is 3.33. The maximum absolute atomic E-state index is 10.8. The highest BCUT2D eigenvalue weighted by atomic mass is 16.5. The first-order valence-electron chi connectivity index (χ1n) is 4.66. The fourth-order valence-corrected chi connectivity index (χ4v) is 1.89. The Morgan fingerprint density at radius 2 is 2.36 bits per heavy atom. The Hall–Kier alpha value is -1.51. The van der Waals surface area contributed by atoms with Crippen LogP contribution in [0.2, 0.25) is 0 Å². The van der Waals surface area contributed by atoms with E-state index in [1.165, 1.54) is 6.92 Å². The molecule has 3 nitrogen and oxygen atoms in total. The Labute approximate surface area is 82.3 Å². The molecule has 0 bridgehead atoms. The number of ether oxygens (including phenoxy) is 1. The third kappa shape index (κ3) is 1.58. The Balaban J connectivity index is 2.26. The molecular formula is C11H12O3. The summed E-state index contributed by atoms with van der Waals surface area (Å²) in [5, 5.41) is 9.26. The number of aryl methyl sites for hydroxylation is 1. The van der Waals surface area contributed by atoms with E-state index in [4.69, 9.17) is 4.74 Å². The molecule has 1 aromatic rings. The lowest BCUT2D eigenvalue weighted by Gasteiger charge is -2.11. The molecule has 74 valence electrons. The largest absolute Gasteiger partial charge is 0.508 e. The number of fused-ring (bicyclic) bond motifs is 1. The zero-order valence-corrected chi connectivity index (χ0v) is 7.99. The van der Waals surface area contributed by atoms with E-state index in [1.54, 1.807) is 12.1 Å². The fraction of sp³-hybridized carbons (Fsp3) is 0.364. The van der Waals surface area contributed by atoms with Crippen LogP contribution in [0.3, 0.4) is 0 Å². The minimum atomic E-state index is -0.254. The van der Waals surface area contributed by atoms with Gasteiger partial charge in [-0.3, -0.25) is 4.79 Å². The van der Waals surface area contributed by atoms with Gasteiger partial charge in [-0.1, -0.05) is 6.07 Å². The van der Waals surface area contributed by atoms with Crippen LogP contribution in [0.1, 0.15) is 30.6 Å². The third-order valence-corrected chi connectivity index (χ3v) is 2.46. The lowest BCUT2D eigenvalue weighted by atomic mass is 10.1. The molecule has 0 saturated carbocycles. The third-order valence-electron chi connectivity index (χ3n) is 2.46. The fourth-order valence-electron chi connectivity index (χ4n) is 1.89. The Morgan fingerprint density at radius 1 is 1.57 bits per heavy atom. The van der Waals surface area contributed by atoms with Crippen molar-refractivity contribution in [2.24, 2.45) is 0 Å².